The maximum absolute atomic E-state index is 4.56. The minimum atomic E-state index is 0.665. The summed E-state index contributed by atoms with van der Waals surface area (Å²) in [7, 11) is 0. The molecule has 0 atom stereocenters. The van der Waals surface area contributed by atoms with Crippen LogP contribution in [-0.2, 0) is 19.6 Å². The monoisotopic (exact) mass is 298 g/mol. The van der Waals surface area contributed by atoms with E-state index in [9.17, 15) is 0 Å². The van der Waals surface area contributed by atoms with E-state index < -0.39 is 0 Å². The van der Waals surface area contributed by atoms with Crippen LogP contribution < -0.4 is 0 Å². The molecule has 0 amide bonds. The number of aryl methyl sites for hydroxylation is 1. The van der Waals surface area contributed by atoms with Crippen LogP contribution in [-0.4, -0.2) is 25.5 Å². The van der Waals surface area contributed by atoms with Gasteiger partial charge in [-0.15, -0.1) is 0 Å². The fourth-order valence-electron chi connectivity index (χ4n) is 3.42. The summed E-state index contributed by atoms with van der Waals surface area (Å²) in [6.07, 6.45) is 12.6. The zero-order chi connectivity index (χ0) is 15.2. The highest BCUT2D eigenvalue weighted by Crippen LogP contribution is 2.25. The number of imidazole rings is 1. The number of rotatable bonds is 6. The molecule has 0 saturated heterocycles. The molecule has 1 aliphatic carbocycles. The quantitative estimate of drug-likeness (QED) is 0.816. The third-order valence-electron chi connectivity index (χ3n) is 4.67. The van der Waals surface area contributed by atoms with Gasteiger partial charge in [0, 0.05) is 37.7 Å². The standard InChI is InChI=1S/C18H26N4/c1-2-21-13-12-20-18(21)15-22(17-9-4-3-5-10-17)14-16-8-6-7-11-19-16/h6-8,11-13,17H,2-5,9-10,14-15H2,1H3. The maximum Gasteiger partial charge on any atom is 0.122 e. The summed E-state index contributed by atoms with van der Waals surface area (Å²) in [4.78, 5) is 11.7. The SMILES string of the molecule is CCn1ccnc1CN(Cc1ccccn1)C1CCCCC1. The molecule has 22 heavy (non-hydrogen) atoms. The Morgan fingerprint density at radius 2 is 1.95 bits per heavy atom. The van der Waals surface area contributed by atoms with Crippen LogP contribution in [0.25, 0.3) is 0 Å². The second kappa shape index (κ2) is 7.54. The van der Waals surface area contributed by atoms with Crippen molar-refractivity contribution in [2.45, 2.75) is 64.7 Å². The molecule has 0 radical (unpaired) electrons. The van der Waals surface area contributed by atoms with Gasteiger partial charge < -0.3 is 4.57 Å². The Balaban J connectivity index is 1.76. The van der Waals surface area contributed by atoms with E-state index in [4.69, 9.17) is 0 Å². The first-order valence-corrected chi connectivity index (χ1v) is 8.51. The van der Waals surface area contributed by atoms with Crippen LogP contribution >= 0.6 is 0 Å². The molecule has 0 unspecified atom stereocenters. The zero-order valence-electron chi connectivity index (χ0n) is 13.5. The molecule has 1 fully saturated rings. The van der Waals surface area contributed by atoms with Gasteiger partial charge in [0.05, 0.1) is 12.2 Å². The van der Waals surface area contributed by atoms with Crippen molar-refractivity contribution < 1.29 is 0 Å². The van der Waals surface area contributed by atoms with Crippen LogP contribution in [0.15, 0.2) is 36.8 Å². The Morgan fingerprint density at radius 1 is 1.09 bits per heavy atom. The summed E-state index contributed by atoms with van der Waals surface area (Å²) in [5.41, 5.74) is 1.16. The third kappa shape index (κ3) is 3.74. The number of pyridine rings is 1. The zero-order valence-corrected chi connectivity index (χ0v) is 13.5. The molecule has 2 aromatic heterocycles. The van der Waals surface area contributed by atoms with E-state index in [1.807, 2.05) is 18.5 Å². The van der Waals surface area contributed by atoms with Gasteiger partial charge in [0.15, 0.2) is 0 Å². The molecule has 0 N–H and O–H groups in total. The predicted octanol–water partition coefficient (Wildman–Crippen LogP) is 3.63. The van der Waals surface area contributed by atoms with E-state index in [2.05, 4.69) is 44.7 Å². The Hall–Kier alpha value is -1.68. The van der Waals surface area contributed by atoms with E-state index >= 15 is 0 Å². The highest BCUT2D eigenvalue weighted by Gasteiger charge is 2.23. The third-order valence-corrected chi connectivity index (χ3v) is 4.67. The smallest absolute Gasteiger partial charge is 0.122 e. The fourth-order valence-corrected chi connectivity index (χ4v) is 3.42. The first-order valence-electron chi connectivity index (χ1n) is 8.51. The van der Waals surface area contributed by atoms with E-state index in [1.54, 1.807) is 0 Å². The van der Waals surface area contributed by atoms with Gasteiger partial charge >= 0.3 is 0 Å². The number of hydrogen-bond acceptors (Lipinski definition) is 3. The minimum absolute atomic E-state index is 0.665. The van der Waals surface area contributed by atoms with Crippen molar-refractivity contribution in [3.63, 3.8) is 0 Å². The fraction of sp³-hybridized carbons (Fsp3) is 0.556. The lowest BCUT2D eigenvalue weighted by atomic mass is 9.94. The van der Waals surface area contributed by atoms with Crippen LogP contribution in [0.3, 0.4) is 0 Å². The van der Waals surface area contributed by atoms with Crippen LogP contribution in [0.2, 0.25) is 0 Å². The second-order valence-corrected chi connectivity index (χ2v) is 6.15. The van der Waals surface area contributed by atoms with Crippen molar-refractivity contribution in [1.29, 1.82) is 0 Å². The molecule has 118 valence electrons. The van der Waals surface area contributed by atoms with E-state index in [-0.39, 0.29) is 0 Å². The highest BCUT2D eigenvalue weighted by molar-refractivity contribution is 5.04. The molecule has 3 rings (SSSR count). The molecular weight excluding hydrogens is 272 g/mol. The molecule has 0 aromatic carbocycles. The summed E-state index contributed by atoms with van der Waals surface area (Å²) in [6, 6.07) is 6.85. The molecule has 0 bridgehead atoms. The van der Waals surface area contributed by atoms with Gasteiger partial charge in [-0.2, -0.15) is 0 Å². The summed E-state index contributed by atoms with van der Waals surface area (Å²) < 4.78 is 2.24. The number of aromatic nitrogens is 3. The van der Waals surface area contributed by atoms with Crippen LogP contribution in [0.1, 0.15) is 50.5 Å². The molecule has 4 heteroatoms. The molecule has 2 aromatic rings. The second-order valence-electron chi connectivity index (χ2n) is 6.15. The molecule has 2 heterocycles. The molecular formula is C18H26N4. The van der Waals surface area contributed by atoms with Crippen molar-refractivity contribution in [2.75, 3.05) is 0 Å². The predicted molar refractivity (Wildman–Crippen MR) is 88.3 cm³/mol. The Labute approximate surface area is 133 Å². The van der Waals surface area contributed by atoms with Gasteiger partial charge in [-0.3, -0.25) is 9.88 Å². The van der Waals surface area contributed by atoms with Crippen molar-refractivity contribution in [3.8, 4) is 0 Å². The number of nitrogens with zero attached hydrogens (tertiary/aromatic N) is 4. The normalized spacial score (nSPS) is 16.3. The first kappa shape index (κ1) is 15.2. The summed E-state index contributed by atoms with van der Waals surface area (Å²) in [6.45, 7) is 5.00. The average molecular weight is 298 g/mol. The molecule has 4 nitrogen and oxygen atoms in total. The summed E-state index contributed by atoms with van der Waals surface area (Å²) in [5, 5.41) is 0. The summed E-state index contributed by atoms with van der Waals surface area (Å²) in [5.74, 6) is 1.17. The van der Waals surface area contributed by atoms with Crippen LogP contribution in [0.4, 0.5) is 0 Å². The van der Waals surface area contributed by atoms with Gasteiger partial charge in [0.2, 0.25) is 0 Å². The van der Waals surface area contributed by atoms with Crippen LogP contribution in [0.5, 0.6) is 0 Å². The van der Waals surface area contributed by atoms with E-state index in [1.165, 1.54) is 37.9 Å². The molecule has 0 spiro atoms. The van der Waals surface area contributed by atoms with Gasteiger partial charge in [0.1, 0.15) is 5.82 Å². The molecule has 1 aliphatic rings. The van der Waals surface area contributed by atoms with E-state index in [0.717, 1.165) is 25.3 Å². The summed E-state index contributed by atoms with van der Waals surface area (Å²) >= 11 is 0. The van der Waals surface area contributed by atoms with Gasteiger partial charge in [-0.25, -0.2) is 4.98 Å². The lowest BCUT2D eigenvalue weighted by Crippen LogP contribution is -2.36. The van der Waals surface area contributed by atoms with E-state index in [0.29, 0.717) is 6.04 Å². The van der Waals surface area contributed by atoms with Crippen molar-refractivity contribution in [2.24, 2.45) is 0 Å². The average Bonchev–Trinajstić information content (AvgIpc) is 3.03. The van der Waals surface area contributed by atoms with Crippen molar-refractivity contribution in [1.82, 2.24) is 19.4 Å². The first-order chi connectivity index (χ1) is 10.9. The van der Waals surface area contributed by atoms with Gasteiger partial charge in [-0.05, 0) is 31.9 Å². The minimum Gasteiger partial charge on any atom is -0.334 e. The highest BCUT2D eigenvalue weighted by atomic mass is 15.2. The maximum atomic E-state index is 4.56. The van der Waals surface area contributed by atoms with Gasteiger partial charge in [0.25, 0.3) is 0 Å². The Kier molecular flexibility index (Phi) is 5.22. The topological polar surface area (TPSA) is 34.0 Å². The Bertz CT molecular complexity index is 557. The lowest BCUT2D eigenvalue weighted by Gasteiger charge is -2.34. The Morgan fingerprint density at radius 3 is 2.68 bits per heavy atom. The lowest BCUT2D eigenvalue weighted by molar-refractivity contribution is 0.133. The van der Waals surface area contributed by atoms with Crippen molar-refractivity contribution >= 4 is 0 Å². The van der Waals surface area contributed by atoms with Gasteiger partial charge in [-0.1, -0.05) is 25.3 Å². The largest absolute Gasteiger partial charge is 0.334 e. The molecule has 0 aliphatic heterocycles. The number of hydrogen-bond donors (Lipinski definition) is 0. The van der Waals surface area contributed by atoms with Crippen LogP contribution in [0, 0.1) is 0 Å². The molecule has 1 saturated carbocycles. The van der Waals surface area contributed by atoms with Crippen molar-refractivity contribution in [3.05, 3.63) is 48.3 Å².